The van der Waals surface area contributed by atoms with Crippen LogP contribution in [0.5, 0.6) is 0 Å². The summed E-state index contributed by atoms with van der Waals surface area (Å²) in [5, 5.41) is 12.3. The summed E-state index contributed by atoms with van der Waals surface area (Å²) in [5.74, 6) is 0.445. The Bertz CT molecular complexity index is 196. The van der Waals surface area contributed by atoms with E-state index < -0.39 is 0 Å². The highest BCUT2D eigenvalue weighted by atomic mass is 16.3. The maximum atomic E-state index is 11.7. The first-order valence-electron chi connectivity index (χ1n) is 4.95. The molecule has 0 bridgehead atoms. The molecule has 2 saturated heterocycles. The summed E-state index contributed by atoms with van der Waals surface area (Å²) in [6.45, 7) is 2.99. The summed E-state index contributed by atoms with van der Waals surface area (Å²) >= 11 is 0. The van der Waals surface area contributed by atoms with E-state index in [0.717, 1.165) is 25.9 Å². The average molecular weight is 184 g/mol. The quantitative estimate of drug-likeness (QED) is 0.560. The van der Waals surface area contributed by atoms with E-state index in [0.29, 0.717) is 13.1 Å². The molecule has 2 aliphatic rings. The highest BCUT2D eigenvalue weighted by Gasteiger charge is 2.33. The fourth-order valence-electron chi connectivity index (χ4n) is 1.96. The zero-order valence-corrected chi connectivity index (χ0v) is 7.70. The van der Waals surface area contributed by atoms with Crippen LogP contribution < -0.4 is 5.32 Å². The van der Waals surface area contributed by atoms with Crippen molar-refractivity contribution in [2.75, 3.05) is 26.2 Å². The van der Waals surface area contributed by atoms with Gasteiger partial charge in [0.1, 0.15) is 0 Å². The second-order valence-electron chi connectivity index (χ2n) is 3.92. The summed E-state index contributed by atoms with van der Waals surface area (Å²) < 4.78 is 0. The molecule has 0 unspecified atom stereocenters. The highest BCUT2D eigenvalue weighted by Crippen LogP contribution is 2.18. The van der Waals surface area contributed by atoms with Gasteiger partial charge in [0, 0.05) is 19.0 Å². The number of β-amino-alcohol motifs (C(OH)–C–C–N with tert-alkyl or cyclic N) is 1. The van der Waals surface area contributed by atoms with Gasteiger partial charge < -0.3 is 15.3 Å². The fraction of sp³-hybridized carbons (Fsp3) is 0.889. The average Bonchev–Trinajstić information content (AvgIpc) is 2.13. The topological polar surface area (TPSA) is 52.6 Å². The van der Waals surface area contributed by atoms with Gasteiger partial charge in [0.25, 0.3) is 0 Å². The Morgan fingerprint density at radius 3 is 2.46 bits per heavy atom. The molecule has 0 atom stereocenters. The molecule has 0 aromatic rings. The van der Waals surface area contributed by atoms with Gasteiger partial charge in [-0.25, -0.2) is 0 Å². The van der Waals surface area contributed by atoms with Crippen LogP contribution >= 0.6 is 0 Å². The second-order valence-corrected chi connectivity index (χ2v) is 3.92. The number of aliphatic hydroxyl groups is 1. The van der Waals surface area contributed by atoms with Gasteiger partial charge in [-0.3, -0.25) is 4.79 Å². The van der Waals surface area contributed by atoms with Gasteiger partial charge in [0.15, 0.2) is 0 Å². The lowest BCUT2D eigenvalue weighted by Crippen LogP contribution is -2.56. The first kappa shape index (κ1) is 8.97. The Kier molecular flexibility index (Phi) is 2.51. The highest BCUT2D eigenvalue weighted by molar-refractivity contribution is 5.79. The molecule has 74 valence electrons. The van der Waals surface area contributed by atoms with Crippen LogP contribution in [0.1, 0.15) is 12.8 Å². The van der Waals surface area contributed by atoms with Gasteiger partial charge in [0.2, 0.25) is 5.91 Å². The van der Waals surface area contributed by atoms with E-state index in [1.54, 1.807) is 4.90 Å². The molecule has 1 amide bonds. The molecule has 2 rings (SSSR count). The Morgan fingerprint density at radius 2 is 1.92 bits per heavy atom. The van der Waals surface area contributed by atoms with Crippen LogP contribution in [0, 0.1) is 5.92 Å². The predicted molar refractivity (Wildman–Crippen MR) is 48.2 cm³/mol. The minimum atomic E-state index is -0.273. The third-order valence-corrected chi connectivity index (χ3v) is 2.86. The summed E-state index contributed by atoms with van der Waals surface area (Å²) in [6, 6.07) is 0. The summed E-state index contributed by atoms with van der Waals surface area (Å²) in [6.07, 6.45) is 1.63. The number of nitrogens with one attached hydrogen (secondary N) is 1. The van der Waals surface area contributed by atoms with E-state index in [4.69, 9.17) is 5.11 Å². The van der Waals surface area contributed by atoms with E-state index in [9.17, 15) is 4.79 Å². The first-order chi connectivity index (χ1) is 6.27. The third kappa shape index (κ3) is 1.84. The predicted octanol–water partition coefficient (Wildman–Crippen LogP) is -0.811. The van der Waals surface area contributed by atoms with Crippen LogP contribution in [-0.2, 0) is 4.79 Å². The van der Waals surface area contributed by atoms with Crippen LogP contribution in [0.2, 0.25) is 0 Å². The van der Waals surface area contributed by atoms with Crippen LogP contribution in [0.25, 0.3) is 0 Å². The summed E-state index contributed by atoms with van der Waals surface area (Å²) in [5.41, 5.74) is 0. The number of hydrogen-bond acceptors (Lipinski definition) is 3. The van der Waals surface area contributed by atoms with Crippen molar-refractivity contribution in [3.8, 4) is 0 Å². The number of nitrogens with zero attached hydrogens (tertiary/aromatic N) is 1. The molecular formula is C9H16N2O2. The molecule has 2 fully saturated rings. The van der Waals surface area contributed by atoms with Crippen molar-refractivity contribution in [3.63, 3.8) is 0 Å². The van der Waals surface area contributed by atoms with E-state index >= 15 is 0 Å². The van der Waals surface area contributed by atoms with Crippen LogP contribution in [-0.4, -0.2) is 48.2 Å². The monoisotopic (exact) mass is 184 g/mol. The lowest BCUT2D eigenvalue weighted by molar-refractivity contribution is -0.146. The van der Waals surface area contributed by atoms with Crippen molar-refractivity contribution in [3.05, 3.63) is 0 Å². The Hall–Kier alpha value is -0.610. The Labute approximate surface area is 77.9 Å². The number of likely N-dealkylation sites (tertiary alicyclic amines) is 1. The molecule has 4 heteroatoms. The number of carbonyl (C=O) groups excluding carboxylic acids is 1. The van der Waals surface area contributed by atoms with Crippen molar-refractivity contribution in [1.29, 1.82) is 0 Å². The molecular weight excluding hydrogens is 168 g/mol. The Morgan fingerprint density at radius 1 is 1.31 bits per heavy atom. The smallest absolute Gasteiger partial charge is 0.225 e. The summed E-state index contributed by atoms with van der Waals surface area (Å²) in [4.78, 5) is 13.5. The largest absolute Gasteiger partial charge is 0.389 e. The first-order valence-corrected chi connectivity index (χ1v) is 4.95. The van der Waals surface area contributed by atoms with Crippen molar-refractivity contribution < 1.29 is 9.90 Å². The molecule has 2 aliphatic heterocycles. The Balaban J connectivity index is 1.82. The molecule has 0 aromatic carbocycles. The molecule has 13 heavy (non-hydrogen) atoms. The molecule has 2 N–H and O–H groups in total. The molecule has 0 spiro atoms. The van der Waals surface area contributed by atoms with E-state index in [-0.39, 0.29) is 17.9 Å². The lowest BCUT2D eigenvalue weighted by atomic mass is 9.95. The van der Waals surface area contributed by atoms with Crippen LogP contribution in [0.3, 0.4) is 0 Å². The number of rotatable bonds is 1. The van der Waals surface area contributed by atoms with Crippen molar-refractivity contribution >= 4 is 5.91 Å². The molecule has 0 saturated carbocycles. The molecule has 0 aliphatic carbocycles. The molecule has 2 heterocycles. The third-order valence-electron chi connectivity index (χ3n) is 2.86. The van der Waals surface area contributed by atoms with E-state index in [1.165, 1.54) is 0 Å². The fourth-order valence-corrected chi connectivity index (χ4v) is 1.96. The van der Waals surface area contributed by atoms with Gasteiger partial charge in [-0.05, 0) is 25.9 Å². The SMILES string of the molecule is O=C(C1CCNCC1)N1CC(O)C1. The second kappa shape index (κ2) is 3.64. The normalized spacial score (nSPS) is 25.8. The van der Waals surface area contributed by atoms with Crippen molar-refractivity contribution in [2.24, 2.45) is 5.92 Å². The van der Waals surface area contributed by atoms with Gasteiger partial charge in [-0.1, -0.05) is 0 Å². The van der Waals surface area contributed by atoms with Crippen molar-refractivity contribution in [2.45, 2.75) is 18.9 Å². The number of piperidine rings is 1. The number of amides is 1. The van der Waals surface area contributed by atoms with Crippen molar-refractivity contribution in [1.82, 2.24) is 10.2 Å². The molecule has 0 radical (unpaired) electrons. The van der Waals surface area contributed by atoms with Crippen LogP contribution in [0.15, 0.2) is 0 Å². The van der Waals surface area contributed by atoms with Crippen LogP contribution in [0.4, 0.5) is 0 Å². The number of hydrogen-bond donors (Lipinski definition) is 2. The zero-order chi connectivity index (χ0) is 9.26. The minimum absolute atomic E-state index is 0.203. The summed E-state index contributed by atoms with van der Waals surface area (Å²) in [7, 11) is 0. The van der Waals surface area contributed by atoms with E-state index in [1.807, 2.05) is 0 Å². The van der Waals surface area contributed by atoms with Gasteiger partial charge >= 0.3 is 0 Å². The maximum Gasteiger partial charge on any atom is 0.225 e. The molecule has 0 aromatic heterocycles. The lowest BCUT2D eigenvalue weighted by Gasteiger charge is -2.39. The van der Waals surface area contributed by atoms with Gasteiger partial charge in [0.05, 0.1) is 6.10 Å². The number of carbonyl (C=O) groups is 1. The maximum absolute atomic E-state index is 11.7. The number of aliphatic hydroxyl groups excluding tert-OH is 1. The zero-order valence-electron chi connectivity index (χ0n) is 7.70. The minimum Gasteiger partial charge on any atom is -0.389 e. The van der Waals surface area contributed by atoms with E-state index in [2.05, 4.69) is 5.32 Å². The van der Waals surface area contributed by atoms with Gasteiger partial charge in [-0.15, -0.1) is 0 Å². The van der Waals surface area contributed by atoms with Gasteiger partial charge in [-0.2, -0.15) is 0 Å². The standard InChI is InChI=1S/C9H16N2O2/c12-8-5-11(6-8)9(13)7-1-3-10-4-2-7/h7-8,10,12H,1-6H2. The molecule has 4 nitrogen and oxygen atoms in total.